The van der Waals surface area contributed by atoms with Crippen LogP contribution in [0, 0.1) is 0 Å². The second-order valence-electron chi connectivity index (χ2n) is 4.27. The van der Waals surface area contributed by atoms with Crippen LogP contribution >= 0.6 is 0 Å². The van der Waals surface area contributed by atoms with E-state index in [0.29, 0.717) is 6.20 Å². The zero-order chi connectivity index (χ0) is 14.7. The number of pyridine rings is 1. The van der Waals surface area contributed by atoms with Gasteiger partial charge in [-0.05, 0) is 19.1 Å². The molecule has 0 radical (unpaired) electrons. The lowest BCUT2D eigenvalue weighted by molar-refractivity contribution is -0.137. The highest BCUT2D eigenvalue weighted by Gasteiger charge is 2.31. The summed E-state index contributed by atoms with van der Waals surface area (Å²) >= 11 is 0. The molecule has 1 aromatic rings. The first-order chi connectivity index (χ1) is 8.65. The number of aliphatic hydroxyl groups excluding tert-OH is 1. The first-order valence-corrected chi connectivity index (χ1v) is 5.30. The number of carbonyl (C=O) groups is 1. The highest BCUT2D eigenvalue weighted by molar-refractivity contribution is 5.92. The summed E-state index contributed by atoms with van der Waals surface area (Å²) in [5.41, 5.74) is -2.66. The largest absolute Gasteiger partial charge is 0.417 e. The monoisotopic (exact) mass is 278 g/mol. The standard InChI is InChI=1S/C11H13F3N2O3/c1-10(19,6-17)5-16-9(18)8-3-2-7(4-15-8)11(12,13)14/h2-4,17,19H,5-6H2,1H3,(H,16,18). The predicted octanol–water partition coefficient (Wildman–Crippen LogP) is 0.573. The molecular weight excluding hydrogens is 265 g/mol. The molecule has 0 fully saturated rings. The van der Waals surface area contributed by atoms with Gasteiger partial charge in [-0.2, -0.15) is 13.2 Å². The Labute approximate surface area is 107 Å². The fourth-order valence-corrected chi connectivity index (χ4v) is 1.11. The molecule has 0 spiro atoms. The Kier molecular flexibility index (Phi) is 4.48. The third-order valence-corrected chi connectivity index (χ3v) is 2.29. The van der Waals surface area contributed by atoms with Gasteiger partial charge in [0.25, 0.3) is 5.91 Å². The summed E-state index contributed by atoms with van der Waals surface area (Å²) in [6.07, 6.45) is -3.96. The van der Waals surface area contributed by atoms with Crippen molar-refractivity contribution in [2.45, 2.75) is 18.7 Å². The molecule has 1 atom stereocenters. The number of amides is 1. The summed E-state index contributed by atoms with van der Waals surface area (Å²) in [5.74, 6) is -0.734. The maximum absolute atomic E-state index is 12.3. The molecule has 0 saturated carbocycles. The van der Waals surface area contributed by atoms with Crippen LogP contribution in [0.25, 0.3) is 0 Å². The lowest BCUT2D eigenvalue weighted by Crippen LogP contribution is -2.43. The van der Waals surface area contributed by atoms with Crippen LogP contribution in [0.4, 0.5) is 13.2 Å². The van der Waals surface area contributed by atoms with Crippen molar-refractivity contribution < 1.29 is 28.2 Å². The average Bonchev–Trinajstić information content (AvgIpc) is 2.35. The minimum atomic E-state index is -4.51. The third-order valence-electron chi connectivity index (χ3n) is 2.29. The quantitative estimate of drug-likeness (QED) is 0.752. The van der Waals surface area contributed by atoms with Gasteiger partial charge in [-0.3, -0.25) is 9.78 Å². The zero-order valence-electron chi connectivity index (χ0n) is 10.0. The van der Waals surface area contributed by atoms with Gasteiger partial charge in [-0.1, -0.05) is 0 Å². The van der Waals surface area contributed by atoms with Crippen molar-refractivity contribution in [3.8, 4) is 0 Å². The van der Waals surface area contributed by atoms with E-state index in [1.54, 1.807) is 0 Å². The smallest absolute Gasteiger partial charge is 0.393 e. The SMILES string of the molecule is CC(O)(CO)CNC(=O)c1ccc(C(F)(F)F)cn1. The Balaban J connectivity index is 2.69. The van der Waals surface area contributed by atoms with Crippen LogP contribution < -0.4 is 5.32 Å². The second kappa shape index (κ2) is 5.54. The molecule has 19 heavy (non-hydrogen) atoms. The summed E-state index contributed by atoms with van der Waals surface area (Å²) in [5, 5.41) is 20.5. The van der Waals surface area contributed by atoms with E-state index in [2.05, 4.69) is 10.3 Å². The molecular formula is C11H13F3N2O3. The number of hydrogen-bond acceptors (Lipinski definition) is 4. The van der Waals surface area contributed by atoms with E-state index in [0.717, 1.165) is 12.1 Å². The van der Waals surface area contributed by atoms with Crippen LogP contribution in [0.1, 0.15) is 23.0 Å². The van der Waals surface area contributed by atoms with Crippen LogP contribution in [0.2, 0.25) is 0 Å². The molecule has 1 heterocycles. The third kappa shape index (κ3) is 4.49. The van der Waals surface area contributed by atoms with E-state index in [9.17, 15) is 23.1 Å². The fourth-order valence-electron chi connectivity index (χ4n) is 1.11. The molecule has 3 N–H and O–H groups in total. The Morgan fingerprint density at radius 2 is 2.05 bits per heavy atom. The molecule has 1 unspecified atom stereocenters. The van der Waals surface area contributed by atoms with Crippen LogP contribution in [0.5, 0.6) is 0 Å². The molecule has 0 bridgehead atoms. The molecule has 1 amide bonds. The van der Waals surface area contributed by atoms with Crippen LogP contribution in [-0.4, -0.2) is 39.9 Å². The van der Waals surface area contributed by atoms with Gasteiger partial charge in [0, 0.05) is 12.7 Å². The Morgan fingerprint density at radius 1 is 1.42 bits per heavy atom. The van der Waals surface area contributed by atoms with Gasteiger partial charge in [0.1, 0.15) is 11.3 Å². The molecule has 106 valence electrons. The summed E-state index contributed by atoms with van der Waals surface area (Å²) in [4.78, 5) is 14.9. The minimum Gasteiger partial charge on any atom is -0.393 e. The number of rotatable bonds is 4. The lowest BCUT2D eigenvalue weighted by atomic mass is 10.1. The van der Waals surface area contributed by atoms with Crippen molar-refractivity contribution in [1.82, 2.24) is 10.3 Å². The first kappa shape index (κ1) is 15.4. The van der Waals surface area contributed by atoms with Crippen molar-refractivity contribution in [3.05, 3.63) is 29.6 Å². The molecule has 0 aliphatic rings. The van der Waals surface area contributed by atoms with Crippen molar-refractivity contribution in [2.24, 2.45) is 0 Å². The van der Waals surface area contributed by atoms with E-state index >= 15 is 0 Å². The van der Waals surface area contributed by atoms with E-state index in [1.807, 2.05) is 0 Å². The Hall–Kier alpha value is -1.67. The van der Waals surface area contributed by atoms with Crippen molar-refractivity contribution in [3.63, 3.8) is 0 Å². The zero-order valence-corrected chi connectivity index (χ0v) is 10.0. The normalized spacial score (nSPS) is 14.8. The van der Waals surface area contributed by atoms with Crippen LogP contribution in [0.3, 0.4) is 0 Å². The van der Waals surface area contributed by atoms with Gasteiger partial charge < -0.3 is 15.5 Å². The Morgan fingerprint density at radius 3 is 2.47 bits per heavy atom. The fraction of sp³-hybridized carbons (Fsp3) is 0.455. The lowest BCUT2D eigenvalue weighted by Gasteiger charge is -2.20. The van der Waals surface area contributed by atoms with E-state index in [4.69, 9.17) is 5.11 Å². The minimum absolute atomic E-state index is 0.207. The summed E-state index contributed by atoms with van der Waals surface area (Å²) in [6, 6.07) is 1.68. The van der Waals surface area contributed by atoms with Gasteiger partial charge in [-0.15, -0.1) is 0 Å². The molecule has 1 rings (SSSR count). The number of halogens is 3. The molecule has 8 heteroatoms. The molecule has 0 aliphatic carbocycles. The van der Waals surface area contributed by atoms with Gasteiger partial charge in [0.2, 0.25) is 0 Å². The predicted molar refractivity (Wildman–Crippen MR) is 59.3 cm³/mol. The molecule has 1 aromatic heterocycles. The van der Waals surface area contributed by atoms with Gasteiger partial charge in [0.05, 0.1) is 12.2 Å². The van der Waals surface area contributed by atoms with E-state index < -0.39 is 29.9 Å². The number of aromatic nitrogens is 1. The summed E-state index contributed by atoms with van der Waals surface area (Å²) < 4.78 is 36.8. The molecule has 0 aromatic carbocycles. The van der Waals surface area contributed by atoms with Crippen molar-refractivity contribution in [1.29, 1.82) is 0 Å². The highest BCUT2D eigenvalue weighted by Crippen LogP contribution is 2.28. The first-order valence-electron chi connectivity index (χ1n) is 5.30. The molecule has 0 saturated heterocycles. The van der Waals surface area contributed by atoms with Crippen LogP contribution in [-0.2, 0) is 6.18 Å². The number of nitrogens with zero attached hydrogens (tertiary/aromatic N) is 1. The van der Waals surface area contributed by atoms with E-state index in [-0.39, 0.29) is 12.2 Å². The summed E-state index contributed by atoms with van der Waals surface area (Å²) in [7, 11) is 0. The maximum atomic E-state index is 12.3. The van der Waals surface area contributed by atoms with Gasteiger partial charge in [0.15, 0.2) is 0 Å². The average molecular weight is 278 g/mol. The highest BCUT2D eigenvalue weighted by atomic mass is 19.4. The topological polar surface area (TPSA) is 82.5 Å². The number of nitrogens with one attached hydrogen (secondary N) is 1. The van der Waals surface area contributed by atoms with Crippen molar-refractivity contribution in [2.75, 3.05) is 13.2 Å². The number of aliphatic hydroxyl groups is 2. The van der Waals surface area contributed by atoms with E-state index in [1.165, 1.54) is 6.92 Å². The van der Waals surface area contributed by atoms with Gasteiger partial charge >= 0.3 is 6.18 Å². The van der Waals surface area contributed by atoms with Crippen LogP contribution in [0.15, 0.2) is 18.3 Å². The summed E-state index contributed by atoms with van der Waals surface area (Å²) in [6.45, 7) is 0.492. The van der Waals surface area contributed by atoms with Crippen molar-refractivity contribution >= 4 is 5.91 Å². The number of carbonyl (C=O) groups excluding carboxylic acids is 1. The maximum Gasteiger partial charge on any atom is 0.417 e. The molecule has 5 nitrogen and oxygen atoms in total. The number of hydrogen-bond donors (Lipinski definition) is 3. The second-order valence-corrected chi connectivity index (χ2v) is 4.27. The Bertz CT molecular complexity index is 443. The van der Waals surface area contributed by atoms with Gasteiger partial charge in [-0.25, -0.2) is 0 Å². The number of alkyl halides is 3. The molecule has 0 aliphatic heterocycles.